The van der Waals surface area contributed by atoms with Gasteiger partial charge in [-0.1, -0.05) is 0 Å². The molecule has 0 aromatic heterocycles. The van der Waals surface area contributed by atoms with Gasteiger partial charge in [0.2, 0.25) is 0 Å². The molecule has 56 valence electrons. The molecule has 0 aliphatic heterocycles. The molecule has 0 saturated carbocycles. The van der Waals surface area contributed by atoms with Crippen LogP contribution in [0.2, 0.25) is 19.6 Å². The second kappa shape index (κ2) is 2.53. The van der Waals surface area contributed by atoms with Gasteiger partial charge in [-0.3, -0.25) is 0 Å². The highest BCUT2D eigenvalue weighted by atomic mass is 35.7. The van der Waals surface area contributed by atoms with Crippen LogP contribution in [-0.4, -0.2) is 8.32 Å². The van der Waals surface area contributed by atoms with Crippen LogP contribution < -0.4 is 14.0 Å². The van der Waals surface area contributed by atoms with Crippen molar-refractivity contribution in [3.63, 3.8) is 0 Å². The van der Waals surface area contributed by atoms with Gasteiger partial charge in [-0.2, -0.15) is 14.0 Å². The highest BCUT2D eigenvalue weighted by Crippen LogP contribution is 2.06. The molecule has 0 heterocycles. The molecular weight excluding hydrogens is 164 g/mol. The van der Waals surface area contributed by atoms with Crippen molar-refractivity contribution in [2.45, 2.75) is 19.6 Å². The van der Waals surface area contributed by atoms with Crippen molar-refractivity contribution in [2.24, 2.45) is 0 Å². The molecule has 0 atom stereocenters. The summed E-state index contributed by atoms with van der Waals surface area (Å²) in [5.41, 5.74) is 0. The molecule has 0 radical (unpaired) electrons. The fourth-order valence-corrected chi connectivity index (χ4v) is 2.55. The lowest BCUT2D eigenvalue weighted by Crippen LogP contribution is -2.64. The van der Waals surface area contributed by atoms with Gasteiger partial charge in [0.25, 0.3) is 0 Å². The maximum absolute atomic E-state index is 9.88. The summed E-state index contributed by atoms with van der Waals surface area (Å²) in [4.78, 5) is 0. The van der Waals surface area contributed by atoms with E-state index in [1.165, 1.54) is 0 Å². The highest BCUT2D eigenvalue weighted by molar-refractivity contribution is 6.69. The fraction of sp³-hybridized carbons (Fsp3) is 1.00. The van der Waals surface area contributed by atoms with E-state index in [2.05, 4.69) is 3.98 Å². The predicted molar refractivity (Wildman–Crippen MR) is 24.4 cm³/mol. The topological polar surface area (TPSA) is 78.4 Å². The molecule has 0 fully saturated rings. The first kappa shape index (κ1) is 9.35. The lowest BCUT2D eigenvalue weighted by atomic mass is 11.8. The Labute approximate surface area is 56.9 Å². The van der Waals surface area contributed by atoms with Crippen LogP contribution in [0, 0.1) is 10.2 Å². The van der Waals surface area contributed by atoms with Crippen molar-refractivity contribution in [2.75, 3.05) is 0 Å². The van der Waals surface area contributed by atoms with Gasteiger partial charge in [-0.05, 0) is 23.6 Å². The Kier molecular flexibility index (Phi) is 2.63. The Hall–Kier alpha value is 0.347. The van der Waals surface area contributed by atoms with Crippen molar-refractivity contribution >= 4 is 8.32 Å². The molecule has 4 nitrogen and oxygen atoms in total. The zero-order chi connectivity index (χ0) is 7.71. The molecular formula is C3H9ClO4Si. The summed E-state index contributed by atoms with van der Waals surface area (Å²) in [5.74, 6) is 0. The summed E-state index contributed by atoms with van der Waals surface area (Å²) in [6, 6.07) is 0. The van der Waals surface area contributed by atoms with E-state index < -0.39 is 18.6 Å². The minimum absolute atomic E-state index is 1.62. The third kappa shape index (κ3) is 8.35. The number of hydrogen-bond acceptors (Lipinski definition) is 4. The van der Waals surface area contributed by atoms with Crippen molar-refractivity contribution < 1.29 is 28.2 Å². The summed E-state index contributed by atoms with van der Waals surface area (Å²) >= 11 is 0. The maximum atomic E-state index is 9.88. The summed E-state index contributed by atoms with van der Waals surface area (Å²) in [7, 11) is -6.42. The van der Waals surface area contributed by atoms with Crippen molar-refractivity contribution in [3.05, 3.63) is 0 Å². The van der Waals surface area contributed by atoms with Crippen molar-refractivity contribution in [1.82, 2.24) is 0 Å². The molecule has 0 aliphatic rings. The Morgan fingerprint density at radius 3 is 1.44 bits per heavy atom. The number of hydrogen-bond donors (Lipinski definition) is 0. The van der Waals surface area contributed by atoms with E-state index in [0.717, 1.165) is 0 Å². The molecule has 0 aromatic carbocycles. The molecule has 0 N–H and O–H groups in total. The molecule has 0 unspecified atom stereocenters. The molecule has 0 saturated heterocycles. The summed E-state index contributed by atoms with van der Waals surface area (Å²) in [6.07, 6.45) is 0. The van der Waals surface area contributed by atoms with E-state index in [1.54, 1.807) is 19.6 Å². The second-order valence-electron chi connectivity index (χ2n) is 2.57. The maximum Gasteiger partial charge on any atom is 0.394 e. The first-order valence-electron chi connectivity index (χ1n) is 2.32. The summed E-state index contributed by atoms with van der Waals surface area (Å²) in [5, 5.41) is 0. The first-order chi connectivity index (χ1) is 3.71. The minimum atomic E-state index is -4.21. The predicted octanol–water partition coefficient (Wildman–Crippen LogP) is -2.26. The molecule has 0 rings (SSSR count). The first-order valence-corrected chi connectivity index (χ1v) is 6.96. The van der Waals surface area contributed by atoms with E-state index >= 15 is 0 Å². The Morgan fingerprint density at radius 2 is 1.44 bits per heavy atom. The average Bonchev–Trinajstić information content (AvgIpc) is 1.14. The van der Waals surface area contributed by atoms with E-state index in [0.29, 0.717) is 0 Å². The highest BCUT2D eigenvalue weighted by Gasteiger charge is 2.35. The van der Waals surface area contributed by atoms with Crippen LogP contribution in [0.3, 0.4) is 0 Å². The van der Waals surface area contributed by atoms with Crippen molar-refractivity contribution in [1.29, 1.82) is 0 Å². The third-order valence-electron chi connectivity index (χ3n) is 0.326. The molecule has 0 bridgehead atoms. The number of halogens is 1. The van der Waals surface area contributed by atoms with E-state index in [4.69, 9.17) is 0 Å². The van der Waals surface area contributed by atoms with Crippen LogP contribution in [0.5, 0.6) is 0 Å². The Balaban J connectivity index is 3.75. The Bertz CT molecular complexity index is 81.0. The Morgan fingerprint density at radius 1 is 1.11 bits per heavy atom. The summed E-state index contributed by atoms with van der Waals surface area (Å²) in [6.45, 7) is 4.86. The lowest BCUT2D eigenvalue weighted by Gasteiger charge is -2.19. The lowest BCUT2D eigenvalue weighted by molar-refractivity contribution is -1.91. The standard InChI is InChI=1S/C3H9ClO4Si/c1-9(2,3)8-4(5,6)7/h1-3H3. The zero-order valence-corrected chi connectivity index (χ0v) is 7.27. The van der Waals surface area contributed by atoms with Gasteiger partial charge < -0.3 is 0 Å². The normalized spacial score (nSPS) is 14.0. The van der Waals surface area contributed by atoms with Crippen LogP contribution in [0.1, 0.15) is 0 Å². The quantitative estimate of drug-likeness (QED) is 0.441. The van der Waals surface area contributed by atoms with E-state index in [-0.39, 0.29) is 0 Å². The van der Waals surface area contributed by atoms with Crippen LogP contribution in [0.4, 0.5) is 0 Å². The SMILES string of the molecule is C[Si](C)(C)O[Cl+3]([O-])([O-])[O-]. The second-order valence-corrected chi connectivity index (χ2v) is 8.17. The molecule has 9 heavy (non-hydrogen) atoms. The van der Waals surface area contributed by atoms with Gasteiger partial charge in [0, 0.05) is 0 Å². The molecule has 0 aliphatic carbocycles. The minimum Gasteiger partial charge on any atom is -0.185 e. The van der Waals surface area contributed by atoms with Crippen LogP contribution in [-0.2, 0) is 3.98 Å². The number of rotatable bonds is 2. The van der Waals surface area contributed by atoms with Gasteiger partial charge in [0.1, 0.15) is 0 Å². The van der Waals surface area contributed by atoms with Gasteiger partial charge >= 0.3 is 8.32 Å². The van der Waals surface area contributed by atoms with Gasteiger partial charge in [-0.25, -0.2) is 0 Å². The monoisotopic (exact) mass is 172 g/mol. The van der Waals surface area contributed by atoms with Gasteiger partial charge in [-0.15, -0.1) is 0 Å². The zero-order valence-electron chi connectivity index (χ0n) is 5.51. The third-order valence-corrected chi connectivity index (χ3v) is 2.93. The fourth-order valence-electron chi connectivity index (χ4n) is 0.283. The molecule has 0 spiro atoms. The molecule has 0 amide bonds. The van der Waals surface area contributed by atoms with Gasteiger partial charge in [0.15, 0.2) is 0 Å². The van der Waals surface area contributed by atoms with Crippen LogP contribution in [0.15, 0.2) is 0 Å². The van der Waals surface area contributed by atoms with E-state index in [9.17, 15) is 14.0 Å². The van der Waals surface area contributed by atoms with Crippen LogP contribution in [0.25, 0.3) is 0 Å². The van der Waals surface area contributed by atoms with E-state index in [1.807, 2.05) is 0 Å². The molecule has 6 heteroatoms. The smallest absolute Gasteiger partial charge is 0.185 e. The van der Waals surface area contributed by atoms with Gasteiger partial charge in [0.05, 0.1) is 10.2 Å². The van der Waals surface area contributed by atoms with Crippen molar-refractivity contribution in [3.8, 4) is 0 Å². The average molecular weight is 173 g/mol. The molecule has 0 aromatic rings. The largest absolute Gasteiger partial charge is 0.394 e. The summed E-state index contributed by atoms with van der Waals surface area (Å²) < 4.78 is 33.8. The van der Waals surface area contributed by atoms with Crippen LogP contribution >= 0.6 is 0 Å².